The number of benzene rings is 1. The number of amides is 3. The number of nitrogens with zero attached hydrogens (tertiary/aromatic N) is 3. The van der Waals surface area contributed by atoms with E-state index >= 15 is 0 Å². The second-order valence-electron chi connectivity index (χ2n) is 9.08. The van der Waals surface area contributed by atoms with E-state index in [-0.39, 0.29) is 42.1 Å². The molecule has 2 fully saturated rings. The second-order valence-corrected chi connectivity index (χ2v) is 9.08. The zero-order valence-corrected chi connectivity index (χ0v) is 19.9. The zero-order valence-electron chi connectivity index (χ0n) is 19.9. The van der Waals surface area contributed by atoms with Crippen LogP contribution in [0.5, 0.6) is 0 Å². The number of rotatable bonds is 6. The highest BCUT2D eigenvalue weighted by atomic mass is 16.5. The molecule has 1 aromatic rings. The van der Waals surface area contributed by atoms with Gasteiger partial charge in [-0.15, -0.1) is 0 Å². The molecule has 0 saturated carbocycles. The molecule has 33 heavy (non-hydrogen) atoms. The SMILES string of the molecule is CCOC(=O)C1CCCN(C(=O)CN(C)C(=O)C2CCCN(C(=O)c3ccc(C)cc3)C2)C1. The molecule has 2 saturated heterocycles. The van der Waals surface area contributed by atoms with E-state index in [0.29, 0.717) is 51.2 Å². The van der Waals surface area contributed by atoms with Gasteiger partial charge < -0.3 is 19.4 Å². The van der Waals surface area contributed by atoms with Gasteiger partial charge in [0.05, 0.1) is 25.0 Å². The quantitative estimate of drug-likeness (QED) is 0.611. The summed E-state index contributed by atoms with van der Waals surface area (Å²) in [5, 5.41) is 0. The van der Waals surface area contributed by atoms with Gasteiger partial charge in [-0.3, -0.25) is 19.2 Å². The van der Waals surface area contributed by atoms with Gasteiger partial charge in [-0.2, -0.15) is 0 Å². The number of likely N-dealkylation sites (tertiary alicyclic amines) is 2. The lowest BCUT2D eigenvalue weighted by Gasteiger charge is -2.35. The first-order chi connectivity index (χ1) is 15.8. The maximum atomic E-state index is 13.1. The van der Waals surface area contributed by atoms with Crippen molar-refractivity contribution in [2.24, 2.45) is 11.8 Å². The molecule has 8 nitrogen and oxygen atoms in total. The van der Waals surface area contributed by atoms with Crippen molar-refractivity contribution in [3.63, 3.8) is 0 Å². The van der Waals surface area contributed by atoms with Crippen molar-refractivity contribution in [1.82, 2.24) is 14.7 Å². The highest BCUT2D eigenvalue weighted by Crippen LogP contribution is 2.22. The molecule has 8 heteroatoms. The number of hydrogen-bond acceptors (Lipinski definition) is 5. The van der Waals surface area contributed by atoms with Crippen LogP contribution in [0.4, 0.5) is 0 Å². The molecule has 2 heterocycles. The Labute approximate surface area is 195 Å². The van der Waals surface area contributed by atoms with E-state index in [2.05, 4.69) is 0 Å². The summed E-state index contributed by atoms with van der Waals surface area (Å²) >= 11 is 0. The molecular weight excluding hydrogens is 422 g/mol. The lowest BCUT2D eigenvalue weighted by atomic mass is 9.95. The van der Waals surface area contributed by atoms with Gasteiger partial charge in [-0.1, -0.05) is 17.7 Å². The first-order valence-corrected chi connectivity index (χ1v) is 11.9. The smallest absolute Gasteiger partial charge is 0.310 e. The molecule has 0 aliphatic carbocycles. The van der Waals surface area contributed by atoms with Crippen molar-refractivity contribution in [2.75, 3.05) is 46.4 Å². The summed E-state index contributed by atoms with van der Waals surface area (Å²) in [6, 6.07) is 7.45. The normalized spacial score (nSPS) is 20.8. The Morgan fingerprint density at radius 2 is 1.58 bits per heavy atom. The summed E-state index contributed by atoms with van der Waals surface area (Å²) in [5.41, 5.74) is 1.71. The molecule has 2 aliphatic heterocycles. The highest BCUT2D eigenvalue weighted by Gasteiger charge is 2.33. The van der Waals surface area contributed by atoms with Crippen molar-refractivity contribution in [2.45, 2.75) is 39.5 Å². The number of piperidine rings is 2. The summed E-state index contributed by atoms with van der Waals surface area (Å²) in [6.07, 6.45) is 2.91. The number of likely N-dealkylation sites (N-methyl/N-ethyl adjacent to an activating group) is 1. The number of carbonyl (C=O) groups is 4. The monoisotopic (exact) mass is 457 g/mol. The Morgan fingerprint density at radius 1 is 0.970 bits per heavy atom. The second kappa shape index (κ2) is 11.3. The Hall–Kier alpha value is -2.90. The van der Waals surface area contributed by atoms with Crippen LogP contribution in [0.1, 0.15) is 48.5 Å². The Balaban J connectivity index is 1.54. The van der Waals surface area contributed by atoms with Gasteiger partial charge in [0, 0.05) is 38.8 Å². The Morgan fingerprint density at radius 3 is 2.24 bits per heavy atom. The average molecular weight is 458 g/mol. The van der Waals surface area contributed by atoms with Crippen LogP contribution in [0.25, 0.3) is 0 Å². The summed E-state index contributed by atoms with van der Waals surface area (Å²) in [7, 11) is 1.63. The summed E-state index contributed by atoms with van der Waals surface area (Å²) in [5.74, 6) is -1.24. The zero-order chi connectivity index (χ0) is 24.0. The van der Waals surface area contributed by atoms with Crippen LogP contribution in [-0.4, -0.2) is 84.8 Å². The van der Waals surface area contributed by atoms with E-state index in [4.69, 9.17) is 4.74 Å². The molecule has 1 aromatic carbocycles. The number of aryl methyl sites for hydroxylation is 1. The maximum absolute atomic E-state index is 13.1. The minimum atomic E-state index is -0.320. The van der Waals surface area contributed by atoms with E-state index in [9.17, 15) is 19.2 Å². The minimum absolute atomic E-state index is 0.0310. The van der Waals surface area contributed by atoms with Crippen molar-refractivity contribution in [3.05, 3.63) is 35.4 Å². The van der Waals surface area contributed by atoms with Gasteiger partial charge in [0.25, 0.3) is 5.91 Å². The molecule has 3 amide bonds. The van der Waals surface area contributed by atoms with E-state index in [0.717, 1.165) is 18.4 Å². The summed E-state index contributed by atoms with van der Waals surface area (Å²) in [6.45, 7) is 5.94. The van der Waals surface area contributed by atoms with Crippen LogP contribution in [0.2, 0.25) is 0 Å². The van der Waals surface area contributed by atoms with Crippen molar-refractivity contribution in [3.8, 4) is 0 Å². The lowest BCUT2D eigenvalue weighted by Crippen LogP contribution is -2.50. The molecule has 2 unspecified atom stereocenters. The molecule has 3 rings (SSSR count). The van der Waals surface area contributed by atoms with Crippen LogP contribution >= 0.6 is 0 Å². The standard InChI is InChI=1S/C25H35N3O5/c1-4-33-25(32)21-8-6-13-27(16-21)22(29)17-26(3)23(30)20-7-5-14-28(15-20)24(31)19-11-9-18(2)10-12-19/h9-12,20-21H,4-8,13-17H2,1-3H3. The molecule has 0 aromatic heterocycles. The molecule has 0 N–H and O–H groups in total. The van der Waals surface area contributed by atoms with E-state index in [1.807, 2.05) is 31.2 Å². The van der Waals surface area contributed by atoms with Gasteiger partial charge >= 0.3 is 5.97 Å². The van der Waals surface area contributed by atoms with Gasteiger partial charge in [0.15, 0.2) is 0 Å². The number of carbonyl (C=O) groups excluding carboxylic acids is 4. The number of ether oxygens (including phenoxy) is 1. The van der Waals surface area contributed by atoms with Crippen molar-refractivity contribution >= 4 is 23.7 Å². The Bertz CT molecular complexity index is 869. The number of esters is 1. The topological polar surface area (TPSA) is 87.2 Å². The van der Waals surface area contributed by atoms with Crippen molar-refractivity contribution in [1.29, 1.82) is 0 Å². The van der Waals surface area contributed by atoms with Crippen LogP contribution in [0.3, 0.4) is 0 Å². The minimum Gasteiger partial charge on any atom is -0.466 e. The first-order valence-electron chi connectivity index (χ1n) is 11.9. The third-order valence-corrected chi connectivity index (χ3v) is 6.50. The first kappa shape index (κ1) is 24.7. The number of hydrogen-bond donors (Lipinski definition) is 0. The maximum Gasteiger partial charge on any atom is 0.310 e. The fourth-order valence-corrected chi connectivity index (χ4v) is 4.59. The molecule has 0 bridgehead atoms. The lowest BCUT2D eigenvalue weighted by molar-refractivity contribution is -0.152. The van der Waals surface area contributed by atoms with Crippen molar-refractivity contribution < 1.29 is 23.9 Å². The van der Waals surface area contributed by atoms with E-state index in [1.54, 1.807) is 23.8 Å². The van der Waals surface area contributed by atoms with Crippen LogP contribution in [-0.2, 0) is 19.1 Å². The largest absolute Gasteiger partial charge is 0.466 e. The molecule has 0 radical (unpaired) electrons. The third-order valence-electron chi connectivity index (χ3n) is 6.50. The van der Waals surface area contributed by atoms with Gasteiger partial charge in [0.2, 0.25) is 11.8 Å². The molecule has 2 aliphatic rings. The molecule has 0 spiro atoms. The molecule has 2 atom stereocenters. The predicted octanol–water partition coefficient (Wildman–Crippen LogP) is 2.11. The van der Waals surface area contributed by atoms with Gasteiger partial charge in [-0.05, 0) is 51.7 Å². The van der Waals surface area contributed by atoms with E-state index in [1.165, 1.54) is 4.90 Å². The molecular formula is C25H35N3O5. The van der Waals surface area contributed by atoms with Gasteiger partial charge in [-0.25, -0.2) is 0 Å². The fourth-order valence-electron chi connectivity index (χ4n) is 4.59. The molecule has 180 valence electrons. The van der Waals surface area contributed by atoms with Crippen LogP contribution in [0.15, 0.2) is 24.3 Å². The Kier molecular flexibility index (Phi) is 8.47. The van der Waals surface area contributed by atoms with Crippen LogP contribution < -0.4 is 0 Å². The van der Waals surface area contributed by atoms with Crippen LogP contribution in [0, 0.1) is 18.8 Å². The summed E-state index contributed by atoms with van der Waals surface area (Å²) < 4.78 is 5.10. The highest BCUT2D eigenvalue weighted by molar-refractivity contribution is 5.95. The fraction of sp³-hybridized carbons (Fsp3) is 0.600. The summed E-state index contributed by atoms with van der Waals surface area (Å²) in [4.78, 5) is 55.7. The average Bonchev–Trinajstić information content (AvgIpc) is 2.83. The van der Waals surface area contributed by atoms with Gasteiger partial charge in [0.1, 0.15) is 0 Å². The van der Waals surface area contributed by atoms with E-state index < -0.39 is 0 Å². The predicted molar refractivity (Wildman–Crippen MR) is 123 cm³/mol. The third kappa shape index (κ3) is 6.33.